The molecule has 0 rings (SSSR count). The number of carboxylic acid groups (broad SMARTS) is 1. The van der Waals surface area contributed by atoms with E-state index in [9.17, 15) is 19.5 Å². The van der Waals surface area contributed by atoms with Crippen molar-refractivity contribution in [1.29, 1.82) is 0 Å². The largest absolute Gasteiger partial charge is 0.480 e. The summed E-state index contributed by atoms with van der Waals surface area (Å²) < 4.78 is 9.35. The molecule has 1 amide bonds. The second-order valence-corrected chi connectivity index (χ2v) is 9.53. The topological polar surface area (TPSA) is 102 Å². The molecular weight excluding hydrogens is 334 g/mol. The Morgan fingerprint density at radius 3 is 1.79 bits per heavy atom. The molecule has 24 heavy (non-hydrogen) atoms. The van der Waals surface area contributed by atoms with Gasteiger partial charge in [0.05, 0.1) is 5.75 Å². The number of carboxylic acids is 1. The van der Waals surface area contributed by atoms with Gasteiger partial charge in [0.2, 0.25) is 0 Å². The molecule has 0 aromatic rings. The Morgan fingerprint density at radius 2 is 1.42 bits per heavy atom. The third-order valence-electron chi connectivity index (χ3n) is 2.59. The van der Waals surface area contributed by atoms with Gasteiger partial charge in [-0.3, -0.25) is 4.79 Å². The summed E-state index contributed by atoms with van der Waals surface area (Å²) in [6, 6.07) is -1.22. The third kappa shape index (κ3) is 9.64. The molecule has 0 heterocycles. The summed E-state index contributed by atoms with van der Waals surface area (Å²) in [4.78, 5) is 35.2. The second-order valence-electron chi connectivity index (χ2n) is 7.90. The van der Waals surface area contributed by atoms with Gasteiger partial charge >= 0.3 is 18.0 Å². The quantitative estimate of drug-likeness (QED) is 0.700. The van der Waals surface area contributed by atoms with Gasteiger partial charge in [0.1, 0.15) is 17.2 Å². The van der Waals surface area contributed by atoms with Gasteiger partial charge in [0.15, 0.2) is 0 Å². The van der Waals surface area contributed by atoms with Crippen LogP contribution in [0.4, 0.5) is 4.79 Å². The molecule has 0 bridgehead atoms. The van der Waals surface area contributed by atoms with Gasteiger partial charge in [0, 0.05) is 4.75 Å². The van der Waals surface area contributed by atoms with E-state index in [0.29, 0.717) is 0 Å². The number of nitrogens with one attached hydrogen (secondary N) is 1. The molecular formula is C16H29NO6S. The first kappa shape index (κ1) is 22.6. The lowest BCUT2D eigenvalue weighted by atomic mass is 10.0. The predicted molar refractivity (Wildman–Crippen MR) is 93.2 cm³/mol. The lowest BCUT2D eigenvalue weighted by Crippen LogP contribution is -2.53. The summed E-state index contributed by atoms with van der Waals surface area (Å²) in [5.74, 6) is -1.67. The van der Waals surface area contributed by atoms with Gasteiger partial charge in [-0.05, 0) is 55.4 Å². The van der Waals surface area contributed by atoms with Crippen LogP contribution in [0.1, 0.15) is 55.4 Å². The minimum atomic E-state index is -1.22. The lowest BCUT2D eigenvalue weighted by Gasteiger charge is -2.32. The van der Waals surface area contributed by atoms with E-state index < -0.39 is 40.0 Å². The number of amides is 1. The molecule has 0 aliphatic carbocycles. The van der Waals surface area contributed by atoms with Gasteiger partial charge in [0.25, 0.3) is 0 Å². The fraction of sp³-hybridized carbons (Fsp3) is 0.812. The molecule has 2 N–H and O–H groups in total. The van der Waals surface area contributed by atoms with E-state index in [1.54, 1.807) is 55.4 Å². The van der Waals surface area contributed by atoms with Crippen molar-refractivity contribution < 1.29 is 29.0 Å². The van der Waals surface area contributed by atoms with Gasteiger partial charge in [-0.1, -0.05) is 0 Å². The number of rotatable bonds is 6. The molecule has 0 radical (unpaired) electrons. The SMILES string of the molecule is CC(C)(C)OC(=O)CSC(C)(C)C(NC(=O)OC(C)(C)C)C(=O)O. The molecule has 1 unspecified atom stereocenters. The summed E-state index contributed by atoms with van der Waals surface area (Å²) in [6.45, 7) is 13.6. The van der Waals surface area contributed by atoms with Crippen LogP contribution in [0.2, 0.25) is 0 Å². The van der Waals surface area contributed by atoms with Crippen LogP contribution < -0.4 is 5.32 Å². The number of ether oxygens (including phenoxy) is 2. The van der Waals surface area contributed by atoms with E-state index in [-0.39, 0.29) is 5.75 Å². The van der Waals surface area contributed by atoms with Crippen LogP contribution in [0, 0.1) is 0 Å². The van der Waals surface area contributed by atoms with Crippen LogP contribution in [-0.4, -0.2) is 50.9 Å². The van der Waals surface area contributed by atoms with Crippen LogP contribution in [0.3, 0.4) is 0 Å². The van der Waals surface area contributed by atoms with Crippen molar-refractivity contribution in [2.75, 3.05) is 5.75 Å². The third-order valence-corrected chi connectivity index (χ3v) is 3.95. The zero-order valence-electron chi connectivity index (χ0n) is 15.7. The van der Waals surface area contributed by atoms with Crippen LogP contribution in [-0.2, 0) is 19.1 Å². The van der Waals surface area contributed by atoms with Crippen LogP contribution in [0.25, 0.3) is 0 Å². The first-order valence-corrected chi connectivity index (χ1v) is 8.60. The number of thioether (sulfide) groups is 1. The minimum Gasteiger partial charge on any atom is -0.480 e. The van der Waals surface area contributed by atoms with Crippen molar-refractivity contribution in [2.45, 2.75) is 77.4 Å². The fourth-order valence-corrected chi connectivity index (χ4v) is 2.53. The highest BCUT2D eigenvalue weighted by molar-refractivity contribution is 8.01. The van der Waals surface area contributed by atoms with Crippen molar-refractivity contribution in [2.24, 2.45) is 0 Å². The molecule has 140 valence electrons. The second kappa shape index (κ2) is 8.09. The monoisotopic (exact) mass is 363 g/mol. The number of hydrogen-bond acceptors (Lipinski definition) is 6. The van der Waals surface area contributed by atoms with Gasteiger partial charge in [-0.25, -0.2) is 9.59 Å². The Morgan fingerprint density at radius 1 is 0.958 bits per heavy atom. The molecule has 0 aliphatic rings. The Balaban J connectivity index is 4.87. The average Bonchev–Trinajstić information content (AvgIpc) is 2.29. The van der Waals surface area contributed by atoms with E-state index in [2.05, 4.69) is 5.32 Å². The van der Waals surface area contributed by atoms with E-state index in [1.807, 2.05) is 0 Å². The average molecular weight is 363 g/mol. The zero-order chi connectivity index (χ0) is 19.3. The van der Waals surface area contributed by atoms with Crippen LogP contribution in [0.5, 0.6) is 0 Å². The summed E-state index contributed by atoms with van der Waals surface area (Å²) >= 11 is 1.10. The Labute approximate surface area is 147 Å². The minimum absolute atomic E-state index is 0.0238. The molecule has 0 aromatic carbocycles. The van der Waals surface area contributed by atoms with Gasteiger partial charge < -0.3 is 19.9 Å². The smallest absolute Gasteiger partial charge is 0.408 e. The Hall–Kier alpha value is -1.44. The van der Waals surface area contributed by atoms with Crippen LogP contribution in [0.15, 0.2) is 0 Å². The first-order valence-electron chi connectivity index (χ1n) is 7.61. The molecule has 0 saturated heterocycles. The number of carbonyl (C=O) groups excluding carboxylic acids is 2. The summed E-state index contributed by atoms with van der Waals surface area (Å²) in [5, 5.41) is 11.8. The lowest BCUT2D eigenvalue weighted by molar-refractivity contribution is -0.151. The standard InChI is InChI=1S/C16H29NO6S/c1-14(2,3)22-10(18)9-24-16(7,8)11(12(19)20)17-13(21)23-15(4,5)6/h11H,9H2,1-8H3,(H,17,21)(H,19,20). The molecule has 0 aliphatic heterocycles. The predicted octanol–water partition coefficient (Wildman–Crippen LogP) is 2.82. The maximum Gasteiger partial charge on any atom is 0.408 e. The van der Waals surface area contributed by atoms with Crippen molar-refractivity contribution in [1.82, 2.24) is 5.32 Å². The molecule has 1 atom stereocenters. The summed E-state index contributed by atoms with van der Waals surface area (Å²) in [7, 11) is 0. The van der Waals surface area contributed by atoms with Crippen molar-refractivity contribution in [3.63, 3.8) is 0 Å². The molecule has 8 heteroatoms. The highest BCUT2D eigenvalue weighted by Gasteiger charge is 2.39. The Kier molecular flexibility index (Phi) is 7.61. The highest BCUT2D eigenvalue weighted by Crippen LogP contribution is 2.29. The molecule has 0 aromatic heterocycles. The molecule has 0 fully saturated rings. The van der Waals surface area contributed by atoms with Crippen molar-refractivity contribution in [3.05, 3.63) is 0 Å². The van der Waals surface area contributed by atoms with Crippen molar-refractivity contribution >= 4 is 29.8 Å². The van der Waals surface area contributed by atoms with Crippen molar-refractivity contribution in [3.8, 4) is 0 Å². The summed E-state index contributed by atoms with van der Waals surface area (Å²) in [5.41, 5.74) is -1.34. The number of esters is 1. The first-order chi connectivity index (χ1) is 10.5. The number of carbonyl (C=O) groups is 3. The zero-order valence-corrected chi connectivity index (χ0v) is 16.5. The number of aliphatic carboxylic acids is 1. The van der Waals surface area contributed by atoms with Gasteiger partial charge in [-0.15, -0.1) is 11.8 Å². The Bertz CT molecular complexity index is 476. The maximum absolute atomic E-state index is 11.8. The molecule has 7 nitrogen and oxygen atoms in total. The van der Waals surface area contributed by atoms with E-state index >= 15 is 0 Å². The van der Waals surface area contributed by atoms with E-state index in [0.717, 1.165) is 11.8 Å². The number of alkyl carbamates (subject to hydrolysis) is 1. The van der Waals surface area contributed by atoms with E-state index in [4.69, 9.17) is 9.47 Å². The number of hydrogen-bond donors (Lipinski definition) is 2. The molecule has 0 spiro atoms. The van der Waals surface area contributed by atoms with E-state index in [1.165, 1.54) is 0 Å². The summed E-state index contributed by atoms with van der Waals surface area (Å²) in [6.07, 6.45) is -0.819. The molecule has 0 saturated carbocycles. The van der Waals surface area contributed by atoms with Gasteiger partial charge in [-0.2, -0.15) is 0 Å². The van der Waals surface area contributed by atoms with Crippen LogP contribution >= 0.6 is 11.8 Å². The highest BCUT2D eigenvalue weighted by atomic mass is 32.2. The maximum atomic E-state index is 11.8. The fourth-order valence-electron chi connectivity index (χ4n) is 1.66. The normalized spacial score (nSPS) is 13.8.